The van der Waals surface area contributed by atoms with Crippen molar-refractivity contribution in [2.45, 2.75) is 39.3 Å². The Balaban J connectivity index is 1.64. The van der Waals surface area contributed by atoms with E-state index < -0.39 is 5.60 Å². The van der Waals surface area contributed by atoms with Gasteiger partial charge in [-0.05, 0) is 38.3 Å². The smallest absolute Gasteiger partial charge is 0.410 e. The Bertz CT molecular complexity index is 674. The van der Waals surface area contributed by atoms with Gasteiger partial charge in [0, 0.05) is 31.8 Å². The Morgan fingerprint density at radius 2 is 1.88 bits per heavy atom. The van der Waals surface area contributed by atoms with Crippen molar-refractivity contribution >= 4 is 12.0 Å². The highest BCUT2D eigenvalue weighted by Crippen LogP contribution is 2.28. The van der Waals surface area contributed by atoms with Gasteiger partial charge in [0.1, 0.15) is 5.60 Å². The molecule has 1 aromatic carbocycles. The molecule has 1 aromatic rings. The SMILES string of the molecule is CC(C)(C)OC(=O)N1CCC2=C(C1)CN(Cc1ccccc1)C2=O. The van der Waals surface area contributed by atoms with Crippen molar-refractivity contribution in [3.05, 3.63) is 47.0 Å². The van der Waals surface area contributed by atoms with Crippen LogP contribution in [0.3, 0.4) is 0 Å². The van der Waals surface area contributed by atoms with Gasteiger partial charge in [-0.25, -0.2) is 4.79 Å². The number of nitrogens with zero attached hydrogens (tertiary/aromatic N) is 2. The molecule has 0 saturated carbocycles. The van der Waals surface area contributed by atoms with Crippen LogP contribution in [0.4, 0.5) is 4.79 Å². The van der Waals surface area contributed by atoms with Crippen molar-refractivity contribution in [1.82, 2.24) is 9.80 Å². The van der Waals surface area contributed by atoms with Gasteiger partial charge in [0.15, 0.2) is 0 Å². The van der Waals surface area contributed by atoms with Crippen LogP contribution in [0, 0.1) is 0 Å². The molecule has 0 spiro atoms. The van der Waals surface area contributed by atoms with Crippen LogP contribution in [0.15, 0.2) is 41.5 Å². The fraction of sp³-hybridized carbons (Fsp3) is 0.474. The molecule has 5 heteroatoms. The molecular formula is C19H24N2O3. The molecule has 0 fully saturated rings. The Labute approximate surface area is 142 Å². The molecule has 2 amide bonds. The number of carbonyl (C=O) groups excluding carboxylic acids is 2. The quantitative estimate of drug-likeness (QED) is 0.838. The first-order valence-electron chi connectivity index (χ1n) is 8.35. The van der Waals surface area contributed by atoms with Gasteiger partial charge in [-0.3, -0.25) is 4.79 Å². The lowest BCUT2D eigenvalue weighted by atomic mass is 10.0. The van der Waals surface area contributed by atoms with Gasteiger partial charge in [-0.1, -0.05) is 30.3 Å². The number of hydrogen-bond donors (Lipinski definition) is 0. The van der Waals surface area contributed by atoms with Gasteiger partial charge < -0.3 is 14.5 Å². The summed E-state index contributed by atoms with van der Waals surface area (Å²) >= 11 is 0. The molecule has 24 heavy (non-hydrogen) atoms. The summed E-state index contributed by atoms with van der Waals surface area (Å²) in [6.45, 7) is 7.82. The largest absolute Gasteiger partial charge is 0.444 e. The summed E-state index contributed by atoms with van der Waals surface area (Å²) < 4.78 is 5.44. The lowest BCUT2D eigenvalue weighted by molar-refractivity contribution is -0.126. The van der Waals surface area contributed by atoms with Gasteiger partial charge in [-0.2, -0.15) is 0 Å². The predicted octanol–water partition coefficient (Wildman–Crippen LogP) is 2.97. The minimum atomic E-state index is -0.503. The summed E-state index contributed by atoms with van der Waals surface area (Å²) in [4.78, 5) is 28.4. The number of hydrogen-bond acceptors (Lipinski definition) is 3. The summed E-state index contributed by atoms with van der Waals surface area (Å²) in [5.74, 6) is 0.109. The van der Waals surface area contributed by atoms with Crippen LogP contribution in [-0.4, -0.2) is 47.0 Å². The second-order valence-electron chi connectivity index (χ2n) is 7.38. The van der Waals surface area contributed by atoms with E-state index in [0.29, 0.717) is 32.6 Å². The maximum Gasteiger partial charge on any atom is 0.410 e. The summed E-state index contributed by atoms with van der Waals surface area (Å²) in [5.41, 5.74) is 2.55. The number of rotatable bonds is 2. The highest BCUT2D eigenvalue weighted by molar-refractivity contribution is 5.97. The highest BCUT2D eigenvalue weighted by Gasteiger charge is 2.36. The van der Waals surface area contributed by atoms with Crippen LogP contribution < -0.4 is 0 Å². The van der Waals surface area contributed by atoms with E-state index in [-0.39, 0.29) is 12.0 Å². The molecule has 2 heterocycles. The molecule has 5 nitrogen and oxygen atoms in total. The number of carbonyl (C=O) groups is 2. The minimum Gasteiger partial charge on any atom is -0.444 e. The first kappa shape index (κ1) is 16.6. The maximum absolute atomic E-state index is 12.6. The number of amides is 2. The Morgan fingerprint density at radius 1 is 1.17 bits per heavy atom. The second-order valence-corrected chi connectivity index (χ2v) is 7.38. The van der Waals surface area contributed by atoms with E-state index in [9.17, 15) is 9.59 Å². The summed E-state index contributed by atoms with van der Waals surface area (Å²) in [6, 6.07) is 9.98. The average Bonchev–Trinajstić information content (AvgIpc) is 2.82. The van der Waals surface area contributed by atoms with Crippen molar-refractivity contribution < 1.29 is 14.3 Å². The molecule has 2 aliphatic rings. The first-order chi connectivity index (χ1) is 11.3. The first-order valence-corrected chi connectivity index (χ1v) is 8.35. The molecule has 128 valence electrons. The zero-order valence-corrected chi connectivity index (χ0v) is 14.5. The summed E-state index contributed by atoms with van der Waals surface area (Å²) in [5, 5.41) is 0. The van der Waals surface area contributed by atoms with Crippen molar-refractivity contribution in [3.63, 3.8) is 0 Å². The second kappa shape index (κ2) is 6.30. The van der Waals surface area contributed by atoms with Crippen molar-refractivity contribution in [3.8, 4) is 0 Å². The lowest BCUT2D eigenvalue weighted by Crippen LogP contribution is -2.40. The van der Waals surface area contributed by atoms with Gasteiger partial charge in [0.25, 0.3) is 5.91 Å². The van der Waals surface area contributed by atoms with Gasteiger partial charge in [0.05, 0.1) is 0 Å². The lowest BCUT2D eigenvalue weighted by Gasteiger charge is -2.30. The molecule has 0 aliphatic carbocycles. The Morgan fingerprint density at radius 3 is 2.54 bits per heavy atom. The van der Waals surface area contributed by atoms with Crippen molar-refractivity contribution in [2.24, 2.45) is 0 Å². The molecule has 0 radical (unpaired) electrons. The van der Waals surface area contributed by atoms with E-state index in [0.717, 1.165) is 16.7 Å². The van der Waals surface area contributed by atoms with E-state index in [1.807, 2.05) is 56.0 Å². The number of ether oxygens (including phenoxy) is 1. The Hall–Kier alpha value is -2.30. The van der Waals surface area contributed by atoms with E-state index in [1.165, 1.54) is 0 Å². The van der Waals surface area contributed by atoms with Crippen molar-refractivity contribution in [2.75, 3.05) is 19.6 Å². The van der Waals surface area contributed by atoms with Crippen LogP contribution in [-0.2, 0) is 16.1 Å². The third-order valence-corrected chi connectivity index (χ3v) is 4.24. The highest BCUT2D eigenvalue weighted by atomic mass is 16.6. The topological polar surface area (TPSA) is 49.9 Å². The third kappa shape index (κ3) is 3.61. The maximum atomic E-state index is 12.6. The van der Waals surface area contributed by atoms with Crippen LogP contribution in [0.2, 0.25) is 0 Å². The average molecular weight is 328 g/mol. The van der Waals surface area contributed by atoms with E-state index in [1.54, 1.807) is 4.90 Å². The van der Waals surface area contributed by atoms with Crippen LogP contribution in [0.25, 0.3) is 0 Å². The molecule has 0 unspecified atom stereocenters. The predicted molar refractivity (Wildman–Crippen MR) is 91.3 cm³/mol. The van der Waals surface area contributed by atoms with Crippen LogP contribution >= 0.6 is 0 Å². The molecule has 0 aromatic heterocycles. The summed E-state index contributed by atoms with van der Waals surface area (Å²) in [6.07, 6.45) is 0.307. The normalized spacial score (nSPS) is 18.0. The number of benzene rings is 1. The summed E-state index contributed by atoms with van der Waals surface area (Å²) in [7, 11) is 0. The minimum absolute atomic E-state index is 0.109. The third-order valence-electron chi connectivity index (χ3n) is 4.24. The van der Waals surface area contributed by atoms with Crippen LogP contribution in [0.1, 0.15) is 32.8 Å². The molecule has 0 atom stereocenters. The molecule has 0 saturated heterocycles. The zero-order valence-electron chi connectivity index (χ0n) is 14.5. The monoisotopic (exact) mass is 328 g/mol. The molecule has 0 N–H and O–H groups in total. The van der Waals surface area contributed by atoms with E-state index in [2.05, 4.69) is 0 Å². The molecule has 2 aliphatic heterocycles. The zero-order chi connectivity index (χ0) is 17.3. The molecule has 0 bridgehead atoms. The van der Waals surface area contributed by atoms with Gasteiger partial charge in [0.2, 0.25) is 0 Å². The van der Waals surface area contributed by atoms with E-state index >= 15 is 0 Å². The van der Waals surface area contributed by atoms with Gasteiger partial charge in [-0.15, -0.1) is 0 Å². The standard InChI is InChI=1S/C19H24N2O3/c1-19(2,3)24-18(23)20-10-9-16-15(12-20)13-21(17(16)22)11-14-7-5-4-6-8-14/h4-8H,9-13H2,1-3H3. The van der Waals surface area contributed by atoms with Crippen molar-refractivity contribution in [1.29, 1.82) is 0 Å². The van der Waals surface area contributed by atoms with E-state index in [4.69, 9.17) is 4.74 Å². The molecule has 3 rings (SSSR count). The fourth-order valence-electron chi connectivity index (χ4n) is 3.14. The van der Waals surface area contributed by atoms with Crippen LogP contribution in [0.5, 0.6) is 0 Å². The molecular weight excluding hydrogens is 304 g/mol. The Kier molecular flexibility index (Phi) is 4.35. The van der Waals surface area contributed by atoms with Gasteiger partial charge >= 0.3 is 6.09 Å². The fourth-order valence-corrected chi connectivity index (χ4v) is 3.14.